The Labute approximate surface area is 144 Å². The fourth-order valence-corrected chi connectivity index (χ4v) is 2.82. The lowest BCUT2D eigenvalue weighted by Crippen LogP contribution is -2.33. The molecule has 118 valence electrons. The second-order valence-corrected chi connectivity index (χ2v) is 6.05. The molecule has 0 bridgehead atoms. The summed E-state index contributed by atoms with van der Waals surface area (Å²) in [5, 5.41) is 1.02. The zero-order valence-corrected chi connectivity index (χ0v) is 14.2. The Bertz CT molecular complexity index is 780. The molecule has 3 rings (SSSR count). The van der Waals surface area contributed by atoms with Gasteiger partial charge in [-0.05, 0) is 55.0 Å². The van der Waals surface area contributed by atoms with Crippen LogP contribution in [0.4, 0.5) is 0 Å². The van der Waals surface area contributed by atoms with Gasteiger partial charge in [0.05, 0.1) is 6.42 Å². The smallest absolute Gasteiger partial charge is 0.275 e. The fraction of sp³-hybridized carbons (Fsp3) is 0.235. The number of aliphatic imine (C=N–C) groups is 1. The molecule has 0 radical (unpaired) electrons. The first-order valence-electron chi connectivity index (χ1n) is 7.36. The van der Waals surface area contributed by atoms with Crippen molar-refractivity contribution in [1.82, 2.24) is 4.90 Å². The van der Waals surface area contributed by atoms with E-state index in [1.807, 2.05) is 43.3 Å². The molecule has 1 amide bonds. The Hall–Kier alpha value is -1.98. The van der Waals surface area contributed by atoms with E-state index in [4.69, 9.17) is 28.2 Å². The maximum absolute atomic E-state index is 12.3. The standard InChI is InChI=1S/C17H15ClN2O2S/c1-2-9-20-16(21)14(19-17(20)23)10-13-7-8-15(22-13)11-3-5-12(18)6-4-11/h3-8H,2,9-10H2,1H3. The summed E-state index contributed by atoms with van der Waals surface area (Å²) in [4.78, 5) is 18.0. The lowest BCUT2D eigenvalue weighted by Gasteiger charge is -2.12. The first-order valence-corrected chi connectivity index (χ1v) is 8.15. The number of benzene rings is 1. The van der Waals surface area contributed by atoms with Crippen molar-refractivity contribution in [3.8, 4) is 11.3 Å². The SMILES string of the molecule is CCCN1C(=O)C(Cc2ccc(-c3ccc(Cl)cc3)o2)=NC1=S. The maximum atomic E-state index is 12.3. The zero-order valence-electron chi connectivity index (χ0n) is 12.6. The molecule has 0 saturated heterocycles. The number of furan rings is 1. The molecule has 1 aromatic heterocycles. The molecule has 1 aliphatic rings. The van der Waals surface area contributed by atoms with Crippen LogP contribution in [0.2, 0.25) is 5.02 Å². The molecule has 1 aliphatic heterocycles. The number of nitrogens with zero attached hydrogens (tertiary/aromatic N) is 2. The molecule has 0 aliphatic carbocycles. The van der Waals surface area contributed by atoms with Crippen molar-refractivity contribution < 1.29 is 9.21 Å². The van der Waals surface area contributed by atoms with E-state index in [9.17, 15) is 4.79 Å². The monoisotopic (exact) mass is 346 g/mol. The molecule has 0 atom stereocenters. The van der Waals surface area contributed by atoms with E-state index in [1.165, 1.54) is 4.90 Å². The van der Waals surface area contributed by atoms with Gasteiger partial charge < -0.3 is 4.42 Å². The van der Waals surface area contributed by atoms with Crippen LogP contribution >= 0.6 is 23.8 Å². The highest BCUT2D eigenvalue weighted by Gasteiger charge is 2.30. The van der Waals surface area contributed by atoms with Crippen molar-refractivity contribution >= 4 is 40.6 Å². The van der Waals surface area contributed by atoms with E-state index in [-0.39, 0.29) is 5.91 Å². The number of thiocarbonyl (C=S) groups is 1. The van der Waals surface area contributed by atoms with Crippen LogP contribution in [-0.4, -0.2) is 28.2 Å². The van der Waals surface area contributed by atoms with E-state index in [0.29, 0.717) is 34.6 Å². The van der Waals surface area contributed by atoms with Crippen molar-refractivity contribution in [2.45, 2.75) is 19.8 Å². The number of carbonyl (C=O) groups is 1. The number of rotatable bonds is 5. The van der Waals surface area contributed by atoms with Gasteiger partial charge in [-0.25, -0.2) is 4.99 Å². The van der Waals surface area contributed by atoms with E-state index in [2.05, 4.69) is 4.99 Å². The zero-order chi connectivity index (χ0) is 16.4. The lowest BCUT2D eigenvalue weighted by molar-refractivity contribution is -0.120. The molecular weight excluding hydrogens is 332 g/mol. The average Bonchev–Trinajstić information content (AvgIpc) is 3.09. The van der Waals surface area contributed by atoms with Gasteiger partial charge in [0, 0.05) is 17.1 Å². The van der Waals surface area contributed by atoms with Gasteiger partial charge in [0.15, 0.2) is 0 Å². The van der Waals surface area contributed by atoms with E-state index >= 15 is 0 Å². The molecule has 0 fully saturated rings. The minimum absolute atomic E-state index is 0.124. The molecule has 0 spiro atoms. The van der Waals surface area contributed by atoms with Crippen molar-refractivity contribution in [3.63, 3.8) is 0 Å². The maximum Gasteiger partial charge on any atom is 0.275 e. The van der Waals surface area contributed by atoms with Crippen LogP contribution in [0.3, 0.4) is 0 Å². The van der Waals surface area contributed by atoms with Crippen LogP contribution in [-0.2, 0) is 11.2 Å². The first kappa shape index (κ1) is 15.9. The molecule has 2 aromatic rings. The predicted molar refractivity (Wildman–Crippen MR) is 94.9 cm³/mol. The Morgan fingerprint density at radius 1 is 1.22 bits per heavy atom. The summed E-state index contributed by atoms with van der Waals surface area (Å²) in [5.41, 5.74) is 1.36. The highest BCUT2D eigenvalue weighted by Crippen LogP contribution is 2.24. The number of carbonyl (C=O) groups excluding carboxylic acids is 1. The summed E-state index contributed by atoms with van der Waals surface area (Å²) in [6.07, 6.45) is 1.18. The first-order chi connectivity index (χ1) is 11.1. The average molecular weight is 347 g/mol. The van der Waals surface area contributed by atoms with Crippen molar-refractivity contribution in [2.75, 3.05) is 6.54 Å². The van der Waals surface area contributed by atoms with Gasteiger partial charge >= 0.3 is 0 Å². The minimum atomic E-state index is -0.124. The van der Waals surface area contributed by atoms with Crippen molar-refractivity contribution in [1.29, 1.82) is 0 Å². The summed E-state index contributed by atoms with van der Waals surface area (Å²) in [5.74, 6) is 1.29. The third-order valence-corrected chi connectivity index (χ3v) is 4.10. The van der Waals surface area contributed by atoms with Gasteiger partial charge in [-0.1, -0.05) is 18.5 Å². The summed E-state index contributed by atoms with van der Waals surface area (Å²) in [7, 11) is 0. The molecule has 1 aromatic carbocycles. The molecule has 0 unspecified atom stereocenters. The van der Waals surface area contributed by atoms with Crippen molar-refractivity contribution in [3.05, 3.63) is 47.2 Å². The van der Waals surface area contributed by atoms with Crippen LogP contribution in [0.25, 0.3) is 11.3 Å². The van der Waals surface area contributed by atoms with Crippen LogP contribution in [0, 0.1) is 0 Å². The van der Waals surface area contributed by atoms with Crippen LogP contribution < -0.4 is 0 Å². The van der Waals surface area contributed by atoms with E-state index in [1.54, 1.807) is 0 Å². The number of halogens is 1. The van der Waals surface area contributed by atoms with Gasteiger partial charge in [-0.15, -0.1) is 0 Å². The molecule has 6 heteroatoms. The van der Waals surface area contributed by atoms with Gasteiger partial charge in [-0.3, -0.25) is 9.69 Å². The van der Waals surface area contributed by atoms with Gasteiger partial charge in [0.25, 0.3) is 5.91 Å². The molecule has 23 heavy (non-hydrogen) atoms. The van der Waals surface area contributed by atoms with Crippen molar-refractivity contribution in [2.24, 2.45) is 4.99 Å². The van der Waals surface area contributed by atoms with Gasteiger partial charge in [-0.2, -0.15) is 0 Å². The molecule has 0 saturated carbocycles. The van der Waals surface area contributed by atoms with Gasteiger partial charge in [0.2, 0.25) is 5.11 Å². The topological polar surface area (TPSA) is 45.8 Å². The van der Waals surface area contributed by atoms with E-state index in [0.717, 1.165) is 17.7 Å². The lowest BCUT2D eigenvalue weighted by atomic mass is 10.2. The summed E-state index contributed by atoms with van der Waals surface area (Å²) >= 11 is 11.0. The van der Waals surface area contributed by atoms with Crippen LogP contribution in [0.5, 0.6) is 0 Å². The Morgan fingerprint density at radius 3 is 2.65 bits per heavy atom. The number of amides is 1. The molecule has 4 nitrogen and oxygen atoms in total. The summed E-state index contributed by atoms with van der Waals surface area (Å²) < 4.78 is 5.81. The Kier molecular flexibility index (Phi) is 4.59. The summed E-state index contributed by atoms with van der Waals surface area (Å²) in [6.45, 7) is 2.59. The van der Waals surface area contributed by atoms with Crippen LogP contribution in [0.15, 0.2) is 45.8 Å². The predicted octanol–water partition coefficient (Wildman–Crippen LogP) is 4.12. The van der Waals surface area contributed by atoms with Crippen LogP contribution in [0.1, 0.15) is 19.1 Å². The van der Waals surface area contributed by atoms with E-state index < -0.39 is 0 Å². The quantitative estimate of drug-likeness (QED) is 0.765. The molecule has 2 heterocycles. The normalized spacial score (nSPS) is 14.5. The Morgan fingerprint density at radius 2 is 1.96 bits per heavy atom. The molecule has 0 N–H and O–H groups in total. The van der Waals surface area contributed by atoms with Gasteiger partial charge in [0.1, 0.15) is 17.2 Å². The second kappa shape index (κ2) is 6.64. The third-order valence-electron chi connectivity index (χ3n) is 3.53. The number of hydrogen-bond acceptors (Lipinski definition) is 3. The third kappa shape index (κ3) is 3.35. The Balaban J connectivity index is 1.75. The highest BCUT2D eigenvalue weighted by atomic mass is 35.5. The largest absolute Gasteiger partial charge is 0.461 e. The number of hydrogen-bond donors (Lipinski definition) is 0. The minimum Gasteiger partial charge on any atom is -0.461 e. The summed E-state index contributed by atoms with van der Waals surface area (Å²) in [6, 6.07) is 11.1. The second-order valence-electron chi connectivity index (χ2n) is 5.25. The fourth-order valence-electron chi connectivity index (χ4n) is 2.41. The highest BCUT2D eigenvalue weighted by molar-refractivity contribution is 7.80. The molecular formula is C17H15ClN2O2S.